The van der Waals surface area contributed by atoms with E-state index >= 15 is 0 Å². The topological polar surface area (TPSA) is 114 Å². The normalized spacial score (nSPS) is 9.91. The Morgan fingerprint density at radius 1 is 0.696 bits per heavy atom. The van der Waals surface area contributed by atoms with Crippen molar-refractivity contribution >= 4 is 0 Å². The van der Waals surface area contributed by atoms with Gasteiger partial charge in [-0.15, -0.1) is 20.2 Å². The molecule has 2 aromatic carbocycles. The van der Waals surface area contributed by atoms with E-state index in [4.69, 9.17) is 4.74 Å². The lowest BCUT2D eigenvalue weighted by molar-refractivity contribution is -0.763. The Balaban J connectivity index is 1.91. The zero-order chi connectivity index (χ0) is 16.7. The Morgan fingerprint density at radius 2 is 1.04 bits per heavy atom. The molecule has 0 radical (unpaired) electrons. The van der Waals surface area contributed by atoms with Crippen LogP contribution in [0.5, 0.6) is 11.5 Å². The molecular weight excluding hydrogens is 308 g/mol. The Morgan fingerprint density at radius 3 is 1.35 bits per heavy atom. The fourth-order valence-corrected chi connectivity index (χ4v) is 1.70. The molecule has 0 N–H and O–H groups in total. The van der Waals surface area contributed by atoms with Gasteiger partial charge >= 0.3 is 0 Å². The first kappa shape index (κ1) is 16.0. The van der Waals surface area contributed by atoms with Gasteiger partial charge < -0.3 is 14.4 Å². The molecule has 2 rings (SSSR count). The van der Waals surface area contributed by atoms with Gasteiger partial charge in [0.15, 0.2) is 0 Å². The van der Waals surface area contributed by atoms with Crippen molar-refractivity contribution in [2.45, 2.75) is 13.2 Å². The fourth-order valence-electron chi connectivity index (χ4n) is 1.70. The molecule has 0 aliphatic heterocycles. The lowest BCUT2D eigenvalue weighted by Gasteiger charge is -2.07. The minimum absolute atomic E-state index is 0.127. The highest BCUT2D eigenvalue weighted by atomic mass is 17.0. The van der Waals surface area contributed by atoms with Crippen molar-refractivity contribution in [2.75, 3.05) is 0 Å². The van der Waals surface area contributed by atoms with Crippen LogP contribution in [-0.4, -0.2) is 10.2 Å². The van der Waals surface area contributed by atoms with Crippen LogP contribution in [0.4, 0.5) is 0 Å². The second-order valence-corrected chi connectivity index (χ2v) is 4.38. The summed E-state index contributed by atoms with van der Waals surface area (Å²) in [5.41, 5.74) is 1.28. The molecule has 0 fully saturated rings. The molecule has 120 valence electrons. The number of nitrogens with zero attached hydrogens (tertiary/aromatic N) is 2. The summed E-state index contributed by atoms with van der Waals surface area (Å²) in [7, 11) is 0. The molecule has 23 heavy (non-hydrogen) atoms. The standard InChI is InChI=1S/C14H12N2O7/c17-15(18)21-9-11-1-5-13(6-2-11)23-14-7-3-12(4-8-14)10-22-16(19)20/h1-8H,9-10H2. The van der Waals surface area contributed by atoms with E-state index in [2.05, 4.69) is 9.68 Å². The van der Waals surface area contributed by atoms with Crippen molar-refractivity contribution in [3.05, 3.63) is 79.9 Å². The minimum Gasteiger partial charge on any atom is -0.457 e. The summed E-state index contributed by atoms with van der Waals surface area (Å²) >= 11 is 0. The van der Waals surface area contributed by atoms with Crippen LogP contribution in [0.1, 0.15) is 11.1 Å². The third-order valence-corrected chi connectivity index (χ3v) is 2.76. The molecule has 0 saturated carbocycles. The van der Waals surface area contributed by atoms with Gasteiger partial charge in [-0.2, -0.15) is 0 Å². The molecule has 0 unspecified atom stereocenters. The summed E-state index contributed by atoms with van der Waals surface area (Å²) in [5, 5.41) is 18.5. The number of ether oxygens (including phenoxy) is 1. The van der Waals surface area contributed by atoms with Crippen LogP contribution in [0.15, 0.2) is 48.5 Å². The van der Waals surface area contributed by atoms with E-state index in [1.807, 2.05) is 0 Å². The largest absolute Gasteiger partial charge is 0.457 e. The zero-order valence-electron chi connectivity index (χ0n) is 11.8. The maximum Gasteiger partial charge on any atom is 0.294 e. The maximum absolute atomic E-state index is 10.1. The van der Waals surface area contributed by atoms with Gasteiger partial charge in [-0.3, -0.25) is 0 Å². The zero-order valence-corrected chi connectivity index (χ0v) is 11.8. The predicted octanol–water partition coefficient (Wildman–Crippen LogP) is 2.90. The molecule has 0 aliphatic rings. The summed E-state index contributed by atoms with van der Waals surface area (Å²) in [6.45, 7) is -0.253. The molecule has 0 amide bonds. The molecule has 2 aromatic rings. The first-order valence-corrected chi connectivity index (χ1v) is 6.43. The second kappa shape index (κ2) is 7.59. The SMILES string of the molecule is O=[N+]([O-])OCc1ccc(Oc2ccc(CO[N+](=O)[O-])cc2)cc1. The molecule has 0 aromatic heterocycles. The quantitative estimate of drug-likeness (QED) is 0.542. The first-order valence-electron chi connectivity index (χ1n) is 6.43. The van der Waals surface area contributed by atoms with E-state index in [1.165, 1.54) is 0 Å². The molecule has 0 saturated heterocycles. The van der Waals surface area contributed by atoms with Crippen molar-refractivity contribution in [2.24, 2.45) is 0 Å². The van der Waals surface area contributed by atoms with Gasteiger partial charge in [0.2, 0.25) is 0 Å². The van der Waals surface area contributed by atoms with Gasteiger partial charge in [0.1, 0.15) is 24.7 Å². The lowest BCUT2D eigenvalue weighted by atomic mass is 10.2. The van der Waals surface area contributed by atoms with Gasteiger partial charge in [0, 0.05) is 0 Å². The number of hydrogen-bond donors (Lipinski definition) is 0. The van der Waals surface area contributed by atoms with Crippen LogP contribution in [0.25, 0.3) is 0 Å². The third-order valence-electron chi connectivity index (χ3n) is 2.76. The average molecular weight is 320 g/mol. The number of rotatable bonds is 8. The van der Waals surface area contributed by atoms with Crippen molar-refractivity contribution < 1.29 is 24.6 Å². The smallest absolute Gasteiger partial charge is 0.294 e. The first-order chi connectivity index (χ1) is 11.0. The van der Waals surface area contributed by atoms with Crippen molar-refractivity contribution in [3.63, 3.8) is 0 Å². The monoisotopic (exact) mass is 320 g/mol. The van der Waals surface area contributed by atoms with Crippen molar-refractivity contribution in [1.29, 1.82) is 0 Å². The van der Waals surface area contributed by atoms with E-state index in [1.54, 1.807) is 48.5 Å². The van der Waals surface area contributed by atoms with E-state index in [-0.39, 0.29) is 13.2 Å². The van der Waals surface area contributed by atoms with Crippen LogP contribution in [-0.2, 0) is 22.9 Å². The summed E-state index contributed by atoms with van der Waals surface area (Å²) in [6, 6.07) is 13.2. The lowest BCUT2D eigenvalue weighted by Crippen LogP contribution is -2.00. The minimum atomic E-state index is -0.853. The van der Waals surface area contributed by atoms with E-state index in [0.29, 0.717) is 22.6 Å². The summed E-state index contributed by atoms with van der Waals surface area (Å²) in [5.74, 6) is 1.09. The number of benzene rings is 2. The molecule has 0 heterocycles. The molecule has 0 spiro atoms. The Labute approximate surface area is 130 Å². The highest BCUT2D eigenvalue weighted by Gasteiger charge is 2.02. The maximum atomic E-state index is 10.1. The molecule has 0 bridgehead atoms. The third kappa shape index (κ3) is 5.50. The highest BCUT2D eigenvalue weighted by molar-refractivity contribution is 5.34. The van der Waals surface area contributed by atoms with Crippen molar-refractivity contribution in [3.8, 4) is 11.5 Å². The van der Waals surface area contributed by atoms with Gasteiger partial charge in [0.05, 0.1) is 0 Å². The molecule has 0 atom stereocenters. The Bertz CT molecular complexity index is 611. The van der Waals surface area contributed by atoms with Crippen LogP contribution < -0.4 is 4.74 Å². The van der Waals surface area contributed by atoms with E-state index in [9.17, 15) is 20.2 Å². The van der Waals surface area contributed by atoms with Crippen LogP contribution in [0.2, 0.25) is 0 Å². The van der Waals surface area contributed by atoms with Gasteiger partial charge in [-0.05, 0) is 35.4 Å². The molecule has 0 aliphatic carbocycles. The van der Waals surface area contributed by atoms with E-state index < -0.39 is 10.2 Å². The number of hydrogen-bond acceptors (Lipinski definition) is 7. The summed E-state index contributed by atoms with van der Waals surface area (Å²) in [4.78, 5) is 28.7. The van der Waals surface area contributed by atoms with Crippen LogP contribution >= 0.6 is 0 Å². The fraction of sp³-hybridized carbons (Fsp3) is 0.143. The van der Waals surface area contributed by atoms with Crippen LogP contribution in [0.3, 0.4) is 0 Å². The average Bonchev–Trinajstić information content (AvgIpc) is 2.53. The summed E-state index contributed by atoms with van der Waals surface area (Å²) in [6.07, 6.45) is 0. The predicted molar refractivity (Wildman–Crippen MR) is 76.5 cm³/mol. The Kier molecular flexibility index (Phi) is 5.29. The Hall–Kier alpha value is -3.36. The highest BCUT2D eigenvalue weighted by Crippen LogP contribution is 2.22. The molecular formula is C14H12N2O7. The molecule has 9 nitrogen and oxygen atoms in total. The second-order valence-electron chi connectivity index (χ2n) is 4.38. The van der Waals surface area contributed by atoms with Crippen molar-refractivity contribution in [1.82, 2.24) is 0 Å². The van der Waals surface area contributed by atoms with E-state index in [0.717, 1.165) is 0 Å². The van der Waals surface area contributed by atoms with Gasteiger partial charge in [-0.1, -0.05) is 24.3 Å². The van der Waals surface area contributed by atoms with Gasteiger partial charge in [0.25, 0.3) is 10.2 Å². The van der Waals surface area contributed by atoms with Gasteiger partial charge in [-0.25, -0.2) is 0 Å². The van der Waals surface area contributed by atoms with Crippen LogP contribution in [0, 0.1) is 20.2 Å². The molecule has 9 heteroatoms. The summed E-state index contributed by atoms with van der Waals surface area (Å²) < 4.78 is 5.59.